The Kier molecular flexibility index (Phi) is 4.97. The van der Waals surface area contributed by atoms with Crippen molar-refractivity contribution in [3.63, 3.8) is 0 Å². The lowest BCUT2D eigenvalue weighted by Crippen LogP contribution is -2.06. The quantitative estimate of drug-likeness (QED) is 0.617. The van der Waals surface area contributed by atoms with Crippen molar-refractivity contribution < 1.29 is 18.7 Å². The Morgan fingerprint density at radius 1 is 1.36 bits per heavy atom. The summed E-state index contributed by atoms with van der Waals surface area (Å²) in [5, 5.41) is 2.78. The van der Waals surface area contributed by atoms with E-state index >= 15 is 0 Å². The molecule has 1 heterocycles. The van der Waals surface area contributed by atoms with E-state index in [-0.39, 0.29) is 35.2 Å². The fourth-order valence-corrected chi connectivity index (χ4v) is 2.17. The molecule has 1 aromatic carbocycles. The summed E-state index contributed by atoms with van der Waals surface area (Å²) in [5.74, 6) is -1.12. The van der Waals surface area contributed by atoms with Crippen molar-refractivity contribution in [3.05, 3.63) is 45.8 Å². The van der Waals surface area contributed by atoms with E-state index in [1.54, 1.807) is 13.0 Å². The summed E-state index contributed by atoms with van der Waals surface area (Å²) in [4.78, 5) is 26.2. The summed E-state index contributed by atoms with van der Waals surface area (Å²) in [6, 6.07) is 5.85. The van der Waals surface area contributed by atoms with Crippen LogP contribution >= 0.6 is 15.9 Å². The molecule has 0 radical (unpaired) electrons. The van der Waals surface area contributed by atoms with Crippen molar-refractivity contribution in [1.82, 2.24) is 4.98 Å². The van der Waals surface area contributed by atoms with E-state index in [1.807, 2.05) is 0 Å². The van der Waals surface area contributed by atoms with E-state index in [9.17, 15) is 14.0 Å². The number of carbonyl (C=O) groups is 2. The van der Waals surface area contributed by atoms with E-state index in [2.05, 4.69) is 26.2 Å². The maximum atomic E-state index is 13.9. The number of ketones is 1. The maximum absolute atomic E-state index is 13.9. The van der Waals surface area contributed by atoms with Crippen LogP contribution in [0.4, 0.5) is 15.9 Å². The molecule has 0 fully saturated rings. The molecule has 0 spiro atoms. The highest BCUT2D eigenvalue weighted by Gasteiger charge is 2.19. The number of halogens is 2. The van der Waals surface area contributed by atoms with Crippen molar-refractivity contribution in [2.24, 2.45) is 0 Å². The van der Waals surface area contributed by atoms with Crippen molar-refractivity contribution in [1.29, 1.82) is 0 Å². The molecule has 2 rings (SSSR count). The second kappa shape index (κ2) is 6.74. The molecule has 0 saturated heterocycles. The molecule has 0 bridgehead atoms. The second-order valence-corrected chi connectivity index (χ2v) is 5.41. The van der Waals surface area contributed by atoms with Crippen LogP contribution in [0.15, 0.2) is 28.7 Å². The van der Waals surface area contributed by atoms with Gasteiger partial charge in [0.15, 0.2) is 5.78 Å². The van der Waals surface area contributed by atoms with Crippen LogP contribution in [0, 0.1) is 5.82 Å². The number of benzene rings is 1. The molecule has 116 valence electrons. The van der Waals surface area contributed by atoms with Crippen LogP contribution < -0.4 is 5.32 Å². The third-order valence-electron chi connectivity index (χ3n) is 2.88. The standard InChI is InChI=1S/C15H14BrFN2O3/c1-3-22-15(21)10-7-13(8(2)20)19-14(10)18-12-5-4-9(16)6-11(12)17/h4-7,18-19H,3H2,1-2H3. The van der Waals surface area contributed by atoms with Gasteiger partial charge in [-0.1, -0.05) is 15.9 Å². The zero-order valence-corrected chi connectivity index (χ0v) is 13.6. The molecule has 7 heteroatoms. The van der Waals surface area contributed by atoms with Gasteiger partial charge in [-0.25, -0.2) is 9.18 Å². The van der Waals surface area contributed by atoms with E-state index in [0.717, 1.165) is 0 Å². The van der Waals surface area contributed by atoms with E-state index in [4.69, 9.17) is 4.74 Å². The van der Waals surface area contributed by atoms with E-state index in [1.165, 1.54) is 25.1 Å². The molecule has 0 amide bonds. The largest absolute Gasteiger partial charge is 0.462 e. The minimum atomic E-state index is -0.591. The molecule has 2 aromatic rings. The van der Waals surface area contributed by atoms with Crippen LogP contribution in [0.2, 0.25) is 0 Å². The second-order valence-electron chi connectivity index (χ2n) is 4.50. The number of esters is 1. The molecule has 0 saturated carbocycles. The molecular weight excluding hydrogens is 355 g/mol. The van der Waals surface area contributed by atoms with Gasteiger partial charge in [-0.2, -0.15) is 0 Å². The van der Waals surface area contributed by atoms with Gasteiger partial charge < -0.3 is 15.0 Å². The number of carbonyl (C=O) groups excluding carboxylic acids is 2. The first-order valence-electron chi connectivity index (χ1n) is 6.55. The molecule has 0 aliphatic rings. The van der Waals surface area contributed by atoms with Crippen LogP contribution in [-0.2, 0) is 4.74 Å². The predicted octanol–water partition coefficient (Wildman–Crippen LogP) is 4.04. The van der Waals surface area contributed by atoms with Gasteiger partial charge in [0.05, 0.1) is 18.0 Å². The van der Waals surface area contributed by atoms with Crippen molar-refractivity contribution in [3.8, 4) is 0 Å². The fraction of sp³-hybridized carbons (Fsp3) is 0.200. The highest BCUT2D eigenvalue weighted by atomic mass is 79.9. The van der Waals surface area contributed by atoms with Crippen LogP contribution in [0.25, 0.3) is 0 Å². The molecule has 0 aliphatic heterocycles. The Morgan fingerprint density at radius 3 is 2.68 bits per heavy atom. The van der Waals surface area contributed by atoms with Crippen LogP contribution in [0.5, 0.6) is 0 Å². The minimum absolute atomic E-state index is 0.148. The smallest absolute Gasteiger partial charge is 0.341 e. The van der Waals surface area contributed by atoms with E-state index in [0.29, 0.717) is 4.47 Å². The van der Waals surface area contributed by atoms with Crippen molar-refractivity contribution >= 4 is 39.2 Å². The van der Waals surface area contributed by atoms with Crippen LogP contribution in [-0.4, -0.2) is 23.3 Å². The number of nitrogens with one attached hydrogen (secondary N) is 2. The summed E-state index contributed by atoms with van der Waals surface area (Å²) in [6.45, 7) is 3.24. The first-order valence-corrected chi connectivity index (χ1v) is 7.34. The predicted molar refractivity (Wildman–Crippen MR) is 84.1 cm³/mol. The number of H-pyrrole nitrogens is 1. The monoisotopic (exact) mass is 368 g/mol. The van der Waals surface area contributed by atoms with Gasteiger partial charge in [-0.05, 0) is 31.2 Å². The topological polar surface area (TPSA) is 71.2 Å². The number of hydrogen-bond donors (Lipinski definition) is 2. The first kappa shape index (κ1) is 16.2. The molecule has 0 unspecified atom stereocenters. The number of rotatable bonds is 5. The Morgan fingerprint density at radius 2 is 2.09 bits per heavy atom. The zero-order chi connectivity index (χ0) is 16.3. The zero-order valence-electron chi connectivity index (χ0n) is 12.0. The summed E-state index contributed by atoms with van der Waals surface area (Å²) < 4.78 is 19.4. The molecular formula is C15H14BrFN2O3. The third-order valence-corrected chi connectivity index (χ3v) is 3.38. The summed E-state index contributed by atoms with van der Waals surface area (Å²) in [7, 11) is 0. The molecule has 5 nitrogen and oxygen atoms in total. The number of anilines is 2. The Hall–Kier alpha value is -2.15. The van der Waals surface area contributed by atoms with Gasteiger partial charge in [0.1, 0.15) is 17.2 Å². The van der Waals surface area contributed by atoms with Crippen molar-refractivity contribution in [2.75, 3.05) is 11.9 Å². The first-order chi connectivity index (χ1) is 10.4. The molecule has 22 heavy (non-hydrogen) atoms. The molecule has 0 aliphatic carbocycles. The Labute approximate surface area is 135 Å². The lowest BCUT2D eigenvalue weighted by atomic mass is 10.2. The van der Waals surface area contributed by atoms with Crippen LogP contribution in [0.1, 0.15) is 34.7 Å². The van der Waals surface area contributed by atoms with Gasteiger partial charge in [0.2, 0.25) is 0 Å². The maximum Gasteiger partial charge on any atom is 0.341 e. The lowest BCUT2D eigenvalue weighted by molar-refractivity contribution is 0.0528. The Balaban J connectivity index is 2.40. The molecule has 0 atom stereocenters. The molecule has 2 N–H and O–H groups in total. The highest BCUT2D eigenvalue weighted by molar-refractivity contribution is 9.10. The summed E-state index contributed by atoms with van der Waals surface area (Å²) in [5.41, 5.74) is 0.558. The van der Waals surface area contributed by atoms with Gasteiger partial charge in [0.25, 0.3) is 0 Å². The lowest BCUT2D eigenvalue weighted by Gasteiger charge is -2.08. The highest BCUT2D eigenvalue weighted by Crippen LogP contribution is 2.26. The number of hydrogen-bond acceptors (Lipinski definition) is 4. The summed E-state index contributed by atoms with van der Waals surface area (Å²) >= 11 is 3.17. The Bertz CT molecular complexity index is 728. The average molecular weight is 369 g/mol. The third kappa shape index (κ3) is 3.54. The van der Waals surface area contributed by atoms with Gasteiger partial charge >= 0.3 is 5.97 Å². The van der Waals surface area contributed by atoms with E-state index < -0.39 is 11.8 Å². The minimum Gasteiger partial charge on any atom is -0.462 e. The van der Waals surface area contributed by atoms with Crippen molar-refractivity contribution in [2.45, 2.75) is 13.8 Å². The normalized spacial score (nSPS) is 10.4. The summed E-state index contributed by atoms with van der Waals surface area (Å²) in [6.07, 6.45) is 0. The number of aromatic nitrogens is 1. The number of ether oxygens (including phenoxy) is 1. The number of Topliss-reactive ketones (excluding diaryl/α,β-unsaturated/α-hetero) is 1. The SMILES string of the molecule is CCOC(=O)c1cc(C(C)=O)[nH]c1Nc1ccc(Br)cc1F. The average Bonchev–Trinajstić information content (AvgIpc) is 2.86. The molecule has 1 aromatic heterocycles. The van der Waals surface area contributed by atoms with Gasteiger partial charge in [0, 0.05) is 11.4 Å². The van der Waals surface area contributed by atoms with Gasteiger partial charge in [-0.15, -0.1) is 0 Å². The number of aromatic amines is 1. The van der Waals surface area contributed by atoms with Crippen LogP contribution in [0.3, 0.4) is 0 Å². The fourth-order valence-electron chi connectivity index (χ4n) is 1.84. The van der Waals surface area contributed by atoms with Gasteiger partial charge in [-0.3, -0.25) is 4.79 Å².